The Morgan fingerprint density at radius 2 is 1.84 bits per heavy atom. The molecule has 2 rings (SSSR count). The monoisotopic (exact) mass is 406 g/mol. The van der Waals surface area contributed by atoms with E-state index in [2.05, 4.69) is 4.72 Å². The van der Waals surface area contributed by atoms with E-state index in [0.29, 0.717) is 12.4 Å². The largest absolute Gasteiger partial charge is 0.491 e. The molecule has 2 aromatic carbocycles. The molecular weight excluding hydrogens is 390 g/mol. The lowest BCUT2D eigenvalue weighted by atomic mass is 10.3. The van der Waals surface area contributed by atoms with Gasteiger partial charge < -0.3 is 9.64 Å². The summed E-state index contributed by atoms with van der Waals surface area (Å²) in [6.45, 7) is 1.17. The summed E-state index contributed by atoms with van der Waals surface area (Å²) in [6, 6.07) is 7.71. The molecule has 1 N–H and O–H groups in total. The van der Waals surface area contributed by atoms with Gasteiger partial charge in [0.15, 0.2) is 0 Å². The van der Waals surface area contributed by atoms with E-state index in [1.165, 1.54) is 12.1 Å². The second kappa shape index (κ2) is 8.23. The first-order chi connectivity index (χ1) is 11.7. The van der Waals surface area contributed by atoms with Crippen LogP contribution in [0.2, 0.25) is 10.0 Å². The van der Waals surface area contributed by atoms with Crippen molar-refractivity contribution < 1.29 is 17.5 Å². The predicted octanol–water partition coefficient (Wildman–Crippen LogP) is 3.87. The zero-order chi connectivity index (χ0) is 18.6. The molecule has 136 valence electrons. The Hall–Kier alpha value is -1.54. The molecule has 0 amide bonds. The van der Waals surface area contributed by atoms with Crippen molar-refractivity contribution in [2.45, 2.75) is 4.90 Å². The van der Waals surface area contributed by atoms with Crippen LogP contribution in [0.4, 0.5) is 10.1 Å². The zero-order valence-corrected chi connectivity index (χ0v) is 15.9. The molecule has 0 bridgehead atoms. The quantitative estimate of drug-likeness (QED) is 0.757. The molecular formula is C16H17Cl2FN2O3S. The van der Waals surface area contributed by atoms with E-state index in [0.717, 1.165) is 24.7 Å². The van der Waals surface area contributed by atoms with Crippen LogP contribution in [0.3, 0.4) is 0 Å². The number of sulfonamides is 1. The average Bonchev–Trinajstić information content (AvgIpc) is 2.51. The predicted molar refractivity (Wildman–Crippen MR) is 97.7 cm³/mol. The number of hydrogen-bond acceptors (Lipinski definition) is 4. The lowest BCUT2D eigenvalue weighted by Gasteiger charge is -2.13. The first kappa shape index (κ1) is 19.8. The summed E-state index contributed by atoms with van der Waals surface area (Å²) in [4.78, 5) is 1.81. The van der Waals surface area contributed by atoms with Crippen molar-refractivity contribution in [2.75, 3.05) is 32.0 Å². The number of anilines is 1. The van der Waals surface area contributed by atoms with Gasteiger partial charge in [-0.1, -0.05) is 23.2 Å². The third-order valence-corrected chi connectivity index (χ3v) is 5.15. The average molecular weight is 407 g/mol. The number of ether oxygens (including phenoxy) is 1. The molecule has 0 aliphatic heterocycles. The highest BCUT2D eigenvalue weighted by Crippen LogP contribution is 2.29. The van der Waals surface area contributed by atoms with Crippen molar-refractivity contribution in [3.63, 3.8) is 0 Å². The molecule has 9 heteroatoms. The van der Waals surface area contributed by atoms with E-state index in [4.69, 9.17) is 27.9 Å². The molecule has 0 aromatic heterocycles. The van der Waals surface area contributed by atoms with Gasteiger partial charge in [0.1, 0.15) is 18.2 Å². The number of hydrogen-bond donors (Lipinski definition) is 1. The topological polar surface area (TPSA) is 58.6 Å². The summed E-state index contributed by atoms with van der Waals surface area (Å²) in [5.41, 5.74) is 0.255. The minimum absolute atomic E-state index is 0.152. The molecule has 0 radical (unpaired) electrons. The van der Waals surface area contributed by atoms with Crippen LogP contribution in [0.1, 0.15) is 0 Å². The van der Waals surface area contributed by atoms with Crippen molar-refractivity contribution in [3.05, 3.63) is 52.3 Å². The van der Waals surface area contributed by atoms with E-state index in [1.807, 2.05) is 19.0 Å². The summed E-state index contributed by atoms with van der Waals surface area (Å²) >= 11 is 11.8. The van der Waals surface area contributed by atoms with Crippen LogP contribution in [0.25, 0.3) is 0 Å². The molecule has 5 nitrogen and oxygen atoms in total. The number of halogens is 3. The first-order valence-corrected chi connectivity index (χ1v) is 9.48. The molecule has 0 unspecified atom stereocenters. The van der Waals surface area contributed by atoms with Gasteiger partial charge in [0.05, 0.1) is 20.6 Å². The van der Waals surface area contributed by atoms with Crippen molar-refractivity contribution >= 4 is 38.9 Å². The van der Waals surface area contributed by atoms with Gasteiger partial charge in [-0.2, -0.15) is 0 Å². The summed E-state index contributed by atoms with van der Waals surface area (Å²) in [7, 11) is -0.0753. The Labute approximate surface area is 156 Å². The fourth-order valence-corrected chi connectivity index (χ4v) is 3.43. The van der Waals surface area contributed by atoms with Crippen LogP contribution in [0.5, 0.6) is 5.75 Å². The third kappa shape index (κ3) is 5.47. The van der Waals surface area contributed by atoms with Gasteiger partial charge in [-0.05, 0) is 50.5 Å². The van der Waals surface area contributed by atoms with Crippen LogP contribution in [0.15, 0.2) is 41.3 Å². The molecule has 0 aliphatic rings. The maximum atomic E-state index is 13.2. The normalized spacial score (nSPS) is 11.6. The Morgan fingerprint density at radius 3 is 2.44 bits per heavy atom. The lowest BCUT2D eigenvalue weighted by molar-refractivity contribution is 0.261. The first-order valence-electron chi connectivity index (χ1n) is 7.24. The number of nitrogens with zero attached hydrogens (tertiary/aromatic N) is 1. The molecule has 0 fully saturated rings. The minimum Gasteiger partial charge on any atom is -0.491 e. The highest BCUT2D eigenvalue weighted by Gasteiger charge is 2.17. The van der Waals surface area contributed by atoms with Crippen molar-refractivity contribution in [3.8, 4) is 5.75 Å². The van der Waals surface area contributed by atoms with Crippen LogP contribution in [-0.4, -0.2) is 40.6 Å². The van der Waals surface area contributed by atoms with Crippen molar-refractivity contribution in [1.82, 2.24) is 4.90 Å². The van der Waals surface area contributed by atoms with E-state index in [9.17, 15) is 12.8 Å². The van der Waals surface area contributed by atoms with E-state index in [-0.39, 0.29) is 20.6 Å². The maximum Gasteiger partial charge on any atom is 0.261 e. The Bertz CT molecular complexity index is 860. The standard InChI is InChI=1S/C16H17Cl2FN2O3S/c1-21(2)7-8-24-16-6-3-11(9-14(16)18)20-25(22,23)12-4-5-15(19)13(17)10-12/h3-6,9-10,20H,7-8H2,1-2H3. The number of benzene rings is 2. The molecule has 0 saturated carbocycles. The third-order valence-electron chi connectivity index (χ3n) is 3.18. The molecule has 2 aromatic rings. The highest BCUT2D eigenvalue weighted by molar-refractivity contribution is 7.92. The van der Waals surface area contributed by atoms with Gasteiger partial charge in [-0.25, -0.2) is 12.8 Å². The zero-order valence-electron chi connectivity index (χ0n) is 13.6. The van der Waals surface area contributed by atoms with Gasteiger partial charge >= 0.3 is 0 Å². The maximum absolute atomic E-state index is 13.2. The fourth-order valence-electron chi connectivity index (χ4n) is 1.88. The Morgan fingerprint density at radius 1 is 1.12 bits per heavy atom. The molecule has 0 heterocycles. The van der Waals surface area contributed by atoms with Crippen LogP contribution < -0.4 is 9.46 Å². The SMILES string of the molecule is CN(C)CCOc1ccc(NS(=O)(=O)c2ccc(F)c(Cl)c2)cc1Cl. The second-order valence-corrected chi connectivity index (χ2v) is 7.98. The summed E-state index contributed by atoms with van der Waals surface area (Å²) < 4.78 is 45.8. The summed E-state index contributed by atoms with van der Waals surface area (Å²) in [6.07, 6.45) is 0. The number of likely N-dealkylation sites (N-methyl/N-ethyl adjacent to an activating group) is 1. The Balaban J connectivity index is 2.14. The smallest absolute Gasteiger partial charge is 0.261 e. The van der Waals surface area contributed by atoms with Gasteiger partial charge in [-0.3, -0.25) is 4.72 Å². The van der Waals surface area contributed by atoms with E-state index < -0.39 is 15.8 Å². The molecule has 0 aliphatic carbocycles. The summed E-state index contributed by atoms with van der Waals surface area (Å²) in [5.74, 6) is -0.237. The van der Waals surface area contributed by atoms with Gasteiger partial charge in [0.25, 0.3) is 10.0 Å². The highest BCUT2D eigenvalue weighted by atomic mass is 35.5. The fraction of sp³-hybridized carbons (Fsp3) is 0.250. The minimum atomic E-state index is -3.92. The molecule has 0 saturated heterocycles. The number of nitrogens with one attached hydrogen (secondary N) is 1. The number of rotatable bonds is 7. The van der Waals surface area contributed by atoms with Crippen molar-refractivity contribution in [1.29, 1.82) is 0 Å². The van der Waals surface area contributed by atoms with E-state index >= 15 is 0 Å². The van der Waals surface area contributed by atoms with Crippen LogP contribution >= 0.6 is 23.2 Å². The molecule has 0 atom stereocenters. The van der Waals surface area contributed by atoms with Gasteiger partial charge in [-0.15, -0.1) is 0 Å². The van der Waals surface area contributed by atoms with Crippen LogP contribution in [-0.2, 0) is 10.0 Å². The van der Waals surface area contributed by atoms with Gasteiger partial charge in [0, 0.05) is 6.54 Å². The molecule has 25 heavy (non-hydrogen) atoms. The van der Waals surface area contributed by atoms with Crippen molar-refractivity contribution in [2.24, 2.45) is 0 Å². The van der Waals surface area contributed by atoms with Gasteiger partial charge in [0.2, 0.25) is 0 Å². The van der Waals surface area contributed by atoms with E-state index in [1.54, 1.807) is 6.07 Å². The van der Waals surface area contributed by atoms with Crippen LogP contribution in [0, 0.1) is 5.82 Å². The molecule has 0 spiro atoms. The summed E-state index contributed by atoms with van der Waals surface area (Å²) in [5, 5.41) is 0.00152. The lowest BCUT2D eigenvalue weighted by Crippen LogP contribution is -2.19. The second-order valence-electron chi connectivity index (χ2n) is 5.48. The Kier molecular flexibility index (Phi) is 6.51.